The van der Waals surface area contributed by atoms with E-state index < -0.39 is 0 Å². The molecule has 4 nitrogen and oxygen atoms in total. The van der Waals surface area contributed by atoms with Crippen molar-refractivity contribution in [1.82, 2.24) is 15.2 Å². The molecule has 0 saturated carbocycles. The molecule has 1 N–H and O–H groups in total. The minimum absolute atomic E-state index is 0.795. The first-order chi connectivity index (χ1) is 10.2. The first-order valence-electron chi connectivity index (χ1n) is 7.64. The number of nitrogens with one attached hydrogen (secondary N) is 1. The van der Waals surface area contributed by atoms with Gasteiger partial charge in [0, 0.05) is 24.8 Å². The third-order valence-electron chi connectivity index (χ3n) is 3.57. The summed E-state index contributed by atoms with van der Waals surface area (Å²) in [5.74, 6) is 2.03. The lowest BCUT2D eigenvalue weighted by molar-refractivity contribution is 0.266. The van der Waals surface area contributed by atoms with E-state index in [1.807, 2.05) is 25.3 Å². The van der Waals surface area contributed by atoms with Crippen LogP contribution in [0, 0.1) is 6.92 Å². The second kappa shape index (κ2) is 7.96. The van der Waals surface area contributed by atoms with E-state index in [9.17, 15) is 0 Å². The highest BCUT2D eigenvalue weighted by Gasteiger charge is 2.11. The quantitative estimate of drug-likeness (QED) is 0.810. The lowest BCUT2D eigenvalue weighted by atomic mass is 10.2. The molecule has 0 aromatic carbocycles. The number of aromatic nitrogens is 1. The number of pyridine rings is 1. The molecule has 0 saturated heterocycles. The molecular weight excluding hydrogens is 262 g/mol. The number of hydrogen-bond acceptors (Lipinski definition) is 4. The van der Waals surface area contributed by atoms with E-state index in [-0.39, 0.29) is 0 Å². The van der Waals surface area contributed by atoms with Crippen LogP contribution >= 0.6 is 0 Å². The normalized spacial score (nSPS) is 11.2. The summed E-state index contributed by atoms with van der Waals surface area (Å²) in [6.45, 7) is 10.8. The van der Waals surface area contributed by atoms with Gasteiger partial charge in [-0.15, -0.1) is 0 Å². The van der Waals surface area contributed by atoms with Gasteiger partial charge in [-0.05, 0) is 38.2 Å². The van der Waals surface area contributed by atoms with E-state index in [4.69, 9.17) is 4.42 Å². The van der Waals surface area contributed by atoms with Crippen molar-refractivity contribution in [2.45, 2.75) is 40.4 Å². The average Bonchev–Trinajstić information content (AvgIpc) is 2.85. The molecular formula is C17H25N3O. The molecule has 0 aliphatic carbocycles. The molecule has 0 radical (unpaired) electrons. The van der Waals surface area contributed by atoms with Crippen LogP contribution in [0.2, 0.25) is 0 Å². The summed E-state index contributed by atoms with van der Waals surface area (Å²) >= 11 is 0. The Morgan fingerprint density at radius 2 is 2.10 bits per heavy atom. The van der Waals surface area contributed by atoms with Crippen LogP contribution in [-0.2, 0) is 19.6 Å². The van der Waals surface area contributed by atoms with Crippen molar-refractivity contribution >= 4 is 0 Å². The van der Waals surface area contributed by atoms with Gasteiger partial charge in [0.2, 0.25) is 0 Å². The molecule has 4 heteroatoms. The molecule has 114 valence electrons. The van der Waals surface area contributed by atoms with E-state index >= 15 is 0 Å². The minimum Gasteiger partial charge on any atom is -0.465 e. The van der Waals surface area contributed by atoms with Crippen LogP contribution in [-0.4, -0.2) is 23.0 Å². The van der Waals surface area contributed by atoms with E-state index in [0.29, 0.717) is 0 Å². The molecule has 2 aromatic heterocycles. The van der Waals surface area contributed by atoms with Crippen LogP contribution in [0.4, 0.5) is 0 Å². The fraction of sp³-hybridized carbons (Fsp3) is 0.471. The second-order valence-corrected chi connectivity index (χ2v) is 5.20. The highest BCUT2D eigenvalue weighted by atomic mass is 16.3. The van der Waals surface area contributed by atoms with Crippen LogP contribution in [0.25, 0.3) is 0 Å². The van der Waals surface area contributed by atoms with Crippen LogP contribution < -0.4 is 5.32 Å². The molecule has 0 fully saturated rings. The first-order valence-corrected chi connectivity index (χ1v) is 7.64. The minimum atomic E-state index is 0.795. The maximum Gasteiger partial charge on any atom is 0.118 e. The summed E-state index contributed by atoms with van der Waals surface area (Å²) in [6, 6.07) is 8.22. The number of rotatable bonds is 8. The SMILES string of the molecule is CCNCc1cc(CN(CC)Cc2ccccn2)c(C)o1. The Morgan fingerprint density at radius 1 is 1.24 bits per heavy atom. The van der Waals surface area contributed by atoms with Crippen molar-refractivity contribution in [3.05, 3.63) is 53.2 Å². The fourth-order valence-corrected chi connectivity index (χ4v) is 2.32. The van der Waals surface area contributed by atoms with Gasteiger partial charge in [0.15, 0.2) is 0 Å². The molecule has 0 unspecified atom stereocenters. The largest absolute Gasteiger partial charge is 0.465 e. The molecule has 2 aromatic rings. The summed E-state index contributed by atoms with van der Waals surface area (Å²) in [4.78, 5) is 6.77. The predicted molar refractivity (Wildman–Crippen MR) is 84.9 cm³/mol. The van der Waals surface area contributed by atoms with Gasteiger partial charge in [-0.1, -0.05) is 19.9 Å². The Morgan fingerprint density at radius 3 is 2.76 bits per heavy atom. The van der Waals surface area contributed by atoms with Gasteiger partial charge >= 0.3 is 0 Å². The van der Waals surface area contributed by atoms with Crippen molar-refractivity contribution in [2.75, 3.05) is 13.1 Å². The molecule has 2 rings (SSSR count). The van der Waals surface area contributed by atoms with Crippen molar-refractivity contribution in [1.29, 1.82) is 0 Å². The molecule has 0 spiro atoms. The molecule has 0 aliphatic rings. The Hall–Kier alpha value is -1.65. The van der Waals surface area contributed by atoms with Crippen LogP contribution in [0.3, 0.4) is 0 Å². The first kappa shape index (κ1) is 15.7. The number of furan rings is 1. The lowest BCUT2D eigenvalue weighted by Gasteiger charge is -2.19. The molecule has 0 aliphatic heterocycles. The zero-order valence-corrected chi connectivity index (χ0v) is 13.2. The van der Waals surface area contributed by atoms with Gasteiger partial charge in [-0.25, -0.2) is 0 Å². The fourth-order valence-electron chi connectivity index (χ4n) is 2.32. The standard InChI is InChI=1S/C17H25N3O/c1-4-18-11-17-10-15(14(3)21-17)12-20(5-2)13-16-8-6-7-9-19-16/h6-10,18H,4-5,11-13H2,1-3H3. The zero-order valence-electron chi connectivity index (χ0n) is 13.2. The summed E-state index contributed by atoms with van der Waals surface area (Å²) < 4.78 is 5.81. The average molecular weight is 287 g/mol. The summed E-state index contributed by atoms with van der Waals surface area (Å²) in [5.41, 5.74) is 2.37. The van der Waals surface area contributed by atoms with Gasteiger partial charge < -0.3 is 9.73 Å². The van der Waals surface area contributed by atoms with Crippen LogP contribution in [0.15, 0.2) is 34.9 Å². The number of aryl methyl sites for hydroxylation is 1. The number of nitrogens with zero attached hydrogens (tertiary/aromatic N) is 2. The third kappa shape index (κ3) is 4.69. The predicted octanol–water partition coefficient (Wildman–Crippen LogP) is 3.11. The van der Waals surface area contributed by atoms with E-state index in [1.54, 1.807) is 0 Å². The topological polar surface area (TPSA) is 41.3 Å². The molecule has 0 bridgehead atoms. The zero-order chi connectivity index (χ0) is 15.1. The Balaban J connectivity index is 1.99. The highest BCUT2D eigenvalue weighted by Crippen LogP contribution is 2.17. The second-order valence-electron chi connectivity index (χ2n) is 5.20. The third-order valence-corrected chi connectivity index (χ3v) is 3.57. The Labute approximate surface area is 127 Å². The molecule has 0 amide bonds. The molecule has 0 atom stereocenters. The smallest absolute Gasteiger partial charge is 0.118 e. The lowest BCUT2D eigenvalue weighted by Crippen LogP contribution is -2.22. The number of hydrogen-bond donors (Lipinski definition) is 1. The van der Waals surface area contributed by atoms with Gasteiger partial charge in [0.1, 0.15) is 11.5 Å². The highest BCUT2D eigenvalue weighted by molar-refractivity contribution is 5.21. The van der Waals surface area contributed by atoms with E-state index in [2.05, 4.69) is 41.2 Å². The van der Waals surface area contributed by atoms with Gasteiger partial charge in [0.05, 0.1) is 12.2 Å². The van der Waals surface area contributed by atoms with Crippen molar-refractivity contribution in [3.8, 4) is 0 Å². The molecule has 2 heterocycles. The maximum atomic E-state index is 5.81. The summed E-state index contributed by atoms with van der Waals surface area (Å²) in [6.07, 6.45) is 1.85. The van der Waals surface area contributed by atoms with E-state index in [0.717, 1.165) is 49.9 Å². The van der Waals surface area contributed by atoms with Crippen LogP contribution in [0.1, 0.15) is 36.6 Å². The van der Waals surface area contributed by atoms with E-state index in [1.165, 1.54) is 5.56 Å². The molecule has 21 heavy (non-hydrogen) atoms. The van der Waals surface area contributed by atoms with Crippen molar-refractivity contribution < 1.29 is 4.42 Å². The summed E-state index contributed by atoms with van der Waals surface area (Å²) in [5, 5.41) is 3.29. The van der Waals surface area contributed by atoms with Crippen molar-refractivity contribution in [3.63, 3.8) is 0 Å². The Bertz CT molecular complexity index is 536. The van der Waals surface area contributed by atoms with Crippen LogP contribution in [0.5, 0.6) is 0 Å². The van der Waals surface area contributed by atoms with Gasteiger partial charge in [-0.2, -0.15) is 0 Å². The maximum absolute atomic E-state index is 5.81. The summed E-state index contributed by atoms with van der Waals surface area (Å²) in [7, 11) is 0. The Kier molecular flexibility index (Phi) is 5.96. The monoisotopic (exact) mass is 287 g/mol. The van der Waals surface area contributed by atoms with Gasteiger partial charge in [0.25, 0.3) is 0 Å². The van der Waals surface area contributed by atoms with Gasteiger partial charge in [-0.3, -0.25) is 9.88 Å². The van der Waals surface area contributed by atoms with Crippen molar-refractivity contribution in [2.24, 2.45) is 0 Å².